The molecule has 138 valence electrons. The molecule has 0 saturated carbocycles. The molecule has 0 unspecified atom stereocenters. The van der Waals surface area contributed by atoms with Gasteiger partial charge in [-0.2, -0.15) is 0 Å². The molecule has 0 radical (unpaired) electrons. The average molecular weight is 360 g/mol. The van der Waals surface area contributed by atoms with Gasteiger partial charge in [-0.15, -0.1) is 0 Å². The fourth-order valence-corrected chi connectivity index (χ4v) is 2.74. The van der Waals surface area contributed by atoms with Crippen molar-refractivity contribution in [3.05, 3.63) is 78.6 Å². The third kappa shape index (κ3) is 5.42. The van der Waals surface area contributed by atoms with E-state index in [4.69, 9.17) is 4.74 Å². The monoisotopic (exact) mass is 360 g/mol. The van der Waals surface area contributed by atoms with E-state index in [1.165, 1.54) is 11.1 Å². The van der Waals surface area contributed by atoms with Gasteiger partial charge >= 0.3 is 6.09 Å². The number of hydrogen-bond donors (Lipinski definition) is 1. The minimum Gasteiger partial charge on any atom is -0.444 e. The van der Waals surface area contributed by atoms with Crippen LogP contribution in [0.25, 0.3) is 22.3 Å². The summed E-state index contributed by atoms with van der Waals surface area (Å²) in [7, 11) is 0. The zero-order valence-electron chi connectivity index (χ0n) is 15.9. The number of nitrogens with zero attached hydrogens (tertiary/aromatic N) is 1. The molecule has 4 nitrogen and oxygen atoms in total. The Morgan fingerprint density at radius 3 is 2.22 bits per heavy atom. The Morgan fingerprint density at radius 1 is 0.889 bits per heavy atom. The highest BCUT2D eigenvalue weighted by atomic mass is 16.6. The summed E-state index contributed by atoms with van der Waals surface area (Å²) in [6.45, 7) is 5.84. The van der Waals surface area contributed by atoms with E-state index in [-0.39, 0.29) is 0 Å². The van der Waals surface area contributed by atoms with Crippen LogP contribution in [-0.2, 0) is 11.3 Å². The average Bonchev–Trinajstić information content (AvgIpc) is 2.66. The van der Waals surface area contributed by atoms with Gasteiger partial charge in [0.2, 0.25) is 0 Å². The molecule has 0 bridgehead atoms. The number of rotatable bonds is 4. The number of carbonyl (C=O) groups excluding carboxylic acids is 1. The summed E-state index contributed by atoms with van der Waals surface area (Å²) in [5, 5.41) is 2.75. The van der Waals surface area contributed by atoms with Crippen molar-refractivity contribution in [3.8, 4) is 22.3 Å². The predicted octanol–water partition coefficient (Wildman–Crippen LogP) is 5.44. The molecule has 0 atom stereocenters. The van der Waals surface area contributed by atoms with Crippen LogP contribution in [0.3, 0.4) is 0 Å². The van der Waals surface area contributed by atoms with Crippen LogP contribution in [0.5, 0.6) is 0 Å². The molecule has 0 spiro atoms. The number of carbonyl (C=O) groups is 1. The first-order chi connectivity index (χ1) is 12.9. The van der Waals surface area contributed by atoms with E-state index in [1.54, 1.807) is 6.20 Å². The fraction of sp³-hybridized carbons (Fsp3) is 0.217. The fourth-order valence-electron chi connectivity index (χ4n) is 2.74. The van der Waals surface area contributed by atoms with Crippen LogP contribution in [0.4, 0.5) is 4.79 Å². The first-order valence-corrected chi connectivity index (χ1v) is 8.98. The van der Waals surface area contributed by atoms with Gasteiger partial charge in [0.15, 0.2) is 0 Å². The van der Waals surface area contributed by atoms with E-state index in [9.17, 15) is 4.79 Å². The first kappa shape index (κ1) is 18.6. The second kappa shape index (κ2) is 8.04. The second-order valence-corrected chi connectivity index (χ2v) is 7.34. The highest BCUT2D eigenvalue weighted by Crippen LogP contribution is 2.26. The normalized spacial score (nSPS) is 11.1. The summed E-state index contributed by atoms with van der Waals surface area (Å²) in [5.74, 6) is 0. The van der Waals surface area contributed by atoms with Crippen LogP contribution in [0.15, 0.2) is 72.9 Å². The predicted molar refractivity (Wildman–Crippen MR) is 108 cm³/mol. The van der Waals surface area contributed by atoms with Crippen LogP contribution < -0.4 is 5.32 Å². The van der Waals surface area contributed by atoms with E-state index in [1.807, 2.05) is 51.1 Å². The maximum atomic E-state index is 11.8. The zero-order valence-corrected chi connectivity index (χ0v) is 15.9. The van der Waals surface area contributed by atoms with E-state index >= 15 is 0 Å². The SMILES string of the molecule is CC(C)(C)OC(=O)NCc1cc(-c2cccc(-c3ccccc3)c2)ccn1. The molecule has 0 saturated heterocycles. The molecule has 27 heavy (non-hydrogen) atoms. The number of alkyl carbamates (subject to hydrolysis) is 1. The molecular formula is C23H24N2O2. The standard InChI is InChI=1S/C23H24N2O2/c1-23(2,3)27-22(26)25-16-21-15-20(12-13-24-21)19-11-7-10-18(14-19)17-8-5-4-6-9-17/h4-15H,16H2,1-3H3,(H,25,26). The molecule has 1 heterocycles. The molecule has 2 aromatic carbocycles. The van der Waals surface area contributed by atoms with Crippen molar-refractivity contribution in [3.63, 3.8) is 0 Å². The molecule has 1 aromatic heterocycles. The Labute approximate surface area is 160 Å². The highest BCUT2D eigenvalue weighted by molar-refractivity contribution is 5.73. The Morgan fingerprint density at radius 2 is 1.52 bits per heavy atom. The molecule has 1 N–H and O–H groups in total. The molecule has 0 fully saturated rings. The van der Waals surface area contributed by atoms with Gasteiger partial charge < -0.3 is 10.1 Å². The van der Waals surface area contributed by atoms with Gasteiger partial charge in [-0.05, 0) is 61.2 Å². The lowest BCUT2D eigenvalue weighted by atomic mass is 9.99. The molecule has 0 aliphatic heterocycles. The Bertz CT molecular complexity index is 915. The number of aromatic nitrogens is 1. The number of benzene rings is 2. The smallest absolute Gasteiger partial charge is 0.407 e. The topological polar surface area (TPSA) is 51.2 Å². The lowest BCUT2D eigenvalue weighted by molar-refractivity contribution is 0.0523. The molecule has 0 aliphatic carbocycles. The minimum absolute atomic E-state index is 0.321. The van der Waals surface area contributed by atoms with Gasteiger partial charge in [0.1, 0.15) is 5.60 Å². The number of amides is 1. The van der Waals surface area contributed by atoms with Crippen molar-refractivity contribution in [1.82, 2.24) is 10.3 Å². The molecule has 0 aliphatic rings. The van der Waals surface area contributed by atoms with Crippen LogP contribution >= 0.6 is 0 Å². The van der Waals surface area contributed by atoms with Crippen LogP contribution in [0, 0.1) is 0 Å². The van der Waals surface area contributed by atoms with E-state index in [0.29, 0.717) is 6.54 Å². The summed E-state index contributed by atoms with van der Waals surface area (Å²) in [6.07, 6.45) is 1.32. The Hall–Kier alpha value is -3.14. The zero-order chi connectivity index (χ0) is 19.3. The second-order valence-electron chi connectivity index (χ2n) is 7.34. The number of ether oxygens (including phenoxy) is 1. The third-order valence-electron chi connectivity index (χ3n) is 3.93. The molecule has 4 heteroatoms. The van der Waals surface area contributed by atoms with Crippen molar-refractivity contribution in [2.45, 2.75) is 32.9 Å². The van der Waals surface area contributed by atoms with E-state index in [0.717, 1.165) is 16.8 Å². The summed E-state index contributed by atoms with van der Waals surface area (Å²) in [4.78, 5) is 16.2. The van der Waals surface area contributed by atoms with Gasteiger partial charge in [-0.25, -0.2) is 4.79 Å². The number of pyridine rings is 1. The largest absolute Gasteiger partial charge is 0.444 e. The summed E-state index contributed by atoms with van der Waals surface area (Å²) >= 11 is 0. The van der Waals surface area contributed by atoms with Gasteiger partial charge in [0, 0.05) is 6.20 Å². The third-order valence-corrected chi connectivity index (χ3v) is 3.93. The number of nitrogens with one attached hydrogen (secondary N) is 1. The molecule has 1 amide bonds. The maximum absolute atomic E-state index is 11.8. The maximum Gasteiger partial charge on any atom is 0.407 e. The van der Waals surface area contributed by atoms with Gasteiger partial charge in [-0.1, -0.05) is 48.5 Å². The highest BCUT2D eigenvalue weighted by Gasteiger charge is 2.15. The Balaban J connectivity index is 1.75. The first-order valence-electron chi connectivity index (χ1n) is 8.98. The minimum atomic E-state index is -0.517. The molecule has 3 aromatic rings. The van der Waals surface area contributed by atoms with Gasteiger partial charge in [0.25, 0.3) is 0 Å². The van der Waals surface area contributed by atoms with E-state index in [2.05, 4.69) is 46.7 Å². The lowest BCUT2D eigenvalue weighted by Gasteiger charge is -2.19. The summed E-state index contributed by atoms with van der Waals surface area (Å²) in [5.41, 5.74) is 4.78. The van der Waals surface area contributed by atoms with Gasteiger partial charge in [-0.3, -0.25) is 4.98 Å². The molecule has 3 rings (SSSR count). The summed E-state index contributed by atoms with van der Waals surface area (Å²) in [6, 6.07) is 22.6. The van der Waals surface area contributed by atoms with Crippen molar-refractivity contribution >= 4 is 6.09 Å². The van der Waals surface area contributed by atoms with E-state index < -0.39 is 11.7 Å². The van der Waals surface area contributed by atoms with Crippen molar-refractivity contribution < 1.29 is 9.53 Å². The molecular weight excluding hydrogens is 336 g/mol. The van der Waals surface area contributed by atoms with Crippen molar-refractivity contribution in [2.24, 2.45) is 0 Å². The Kier molecular flexibility index (Phi) is 5.55. The summed E-state index contributed by atoms with van der Waals surface area (Å²) < 4.78 is 5.26. The van der Waals surface area contributed by atoms with Gasteiger partial charge in [0.05, 0.1) is 12.2 Å². The van der Waals surface area contributed by atoms with Crippen LogP contribution in [-0.4, -0.2) is 16.7 Å². The quantitative estimate of drug-likeness (QED) is 0.674. The van der Waals surface area contributed by atoms with Crippen molar-refractivity contribution in [2.75, 3.05) is 0 Å². The van der Waals surface area contributed by atoms with Crippen LogP contribution in [0.1, 0.15) is 26.5 Å². The van der Waals surface area contributed by atoms with Crippen LogP contribution in [0.2, 0.25) is 0 Å². The van der Waals surface area contributed by atoms with Crippen molar-refractivity contribution in [1.29, 1.82) is 0 Å². The number of hydrogen-bond acceptors (Lipinski definition) is 3. The lowest BCUT2D eigenvalue weighted by Crippen LogP contribution is -2.32.